The van der Waals surface area contributed by atoms with Gasteiger partial charge >= 0.3 is 0 Å². The average Bonchev–Trinajstić information content (AvgIpc) is 3.32. The highest BCUT2D eigenvalue weighted by molar-refractivity contribution is 7.99. The molecule has 2 fully saturated rings. The number of amides is 1. The van der Waals surface area contributed by atoms with Crippen LogP contribution >= 0.6 is 11.8 Å². The normalized spacial score (nSPS) is 19.4. The smallest absolute Gasteiger partial charge is 0.268 e. The Bertz CT molecular complexity index is 1090. The van der Waals surface area contributed by atoms with E-state index in [1.807, 2.05) is 0 Å². The van der Waals surface area contributed by atoms with E-state index >= 15 is 0 Å². The van der Waals surface area contributed by atoms with Crippen molar-refractivity contribution in [2.24, 2.45) is 0 Å². The van der Waals surface area contributed by atoms with Crippen molar-refractivity contribution in [1.29, 1.82) is 0 Å². The molecule has 1 aromatic heterocycles. The lowest BCUT2D eigenvalue weighted by Gasteiger charge is -2.36. The van der Waals surface area contributed by atoms with Crippen LogP contribution in [0, 0.1) is 5.82 Å². The van der Waals surface area contributed by atoms with Gasteiger partial charge in [-0.05, 0) is 38.2 Å². The van der Waals surface area contributed by atoms with E-state index in [9.17, 15) is 17.6 Å². The average molecular weight is 496 g/mol. The molecule has 2 aliphatic heterocycles. The molecule has 1 amide bonds. The molecule has 0 spiro atoms. The highest BCUT2D eigenvalue weighted by atomic mass is 32.2. The van der Waals surface area contributed by atoms with Gasteiger partial charge in [0.2, 0.25) is 10.0 Å². The number of carbonyl (C=O) groups excluding carboxylic acids is 1. The molecular weight excluding hydrogens is 465 g/mol. The van der Waals surface area contributed by atoms with Crippen molar-refractivity contribution in [3.63, 3.8) is 0 Å². The molecule has 2 N–H and O–H groups in total. The van der Waals surface area contributed by atoms with E-state index in [1.165, 1.54) is 28.7 Å². The third kappa shape index (κ3) is 5.37. The van der Waals surface area contributed by atoms with Gasteiger partial charge < -0.3 is 20.1 Å². The summed E-state index contributed by atoms with van der Waals surface area (Å²) >= 11 is 1.73. The van der Waals surface area contributed by atoms with Crippen LogP contribution in [0.2, 0.25) is 0 Å². The van der Waals surface area contributed by atoms with Crippen molar-refractivity contribution < 1.29 is 17.6 Å². The molecule has 0 aliphatic carbocycles. The second-order valence-corrected chi connectivity index (χ2v) is 11.6. The van der Waals surface area contributed by atoms with Gasteiger partial charge in [-0.2, -0.15) is 16.1 Å². The number of hydrogen-bond acceptors (Lipinski definition) is 6. The van der Waals surface area contributed by atoms with Gasteiger partial charge in [-0.1, -0.05) is 0 Å². The molecule has 2 aliphatic rings. The summed E-state index contributed by atoms with van der Waals surface area (Å²) in [5.41, 5.74) is 1.75. The van der Waals surface area contributed by atoms with E-state index in [0.717, 1.165) is 43.4 Å². The summed E-state index contributed by atoms with van der Waals surface area (Å²) in [6, 6.07) is 5.55. The van der Waals surface area contributed by atoms with E-state index in [1.54, 1.807) is 24.8 Å². The summed E-state index contributed by atoms with van der Waals surface area (Å²) in [5.74, 6) is 0.721. The van der Waals surface area contributed by atoms with Crippen molar-refractivity contribution in [3.05, 3.63) is 47.5 Å². The fraction of sp³-hybridized carbons (Fsp3) is 0.500. The zero-order chi connectivity index (χ0) is 23.6. The summed E-state index contributed by atoms with van der Waals surface area (Å²) in [7, 11) is -1.57. The third-order valence-corrected chi connectivity index (χ3v) is 8.98. The van der Waals surface area contributed by atoms with Crippen molar-refractivity contribution in [2.75, 3.05) is 62.7 Å². The van der Waals surface area contributed by atoms with Gasteiger partial charge in [-0.15, -0.1) is 0 Å². The van der Waals surface area contributed by atoms with E-state index < -0.39 is 22.0 Å². The van der Waals surface area contributed by atoms with Gasteiger partial charge in [0.1, 0.15) is 16.4 Å². The summed E-state index contributed by atoms with van der Waals surface area (Å²) in [5, 5.41) is 2.89. The number of thioether (sulfide) groups is 1. The molecule has 0 bridgehead atoms. The van der Waals surface area contributed by atoms with E-state index in [0.29, 0.717) is 18.7 Å². The van der Waals surface area contributed by atoms with Crippen molar-refractivity contribution >= 4 is 33.4 Å². The monoisotopic (exact) mass is 495 g/mol. The fourth-order valence-corrected chi connectivity index (χ4v) is 6.72. The lowest BCUT2D eigenvalue weighted by atomic mass is 10.0. The van der Waals surface area contributed by atoms with Crippen molar-refractivity contribution in [3.8, 4) is 0 Å². The number of nitrogens with zero attached hydrogens (tertiary/aromatic N) is 3. The predicted molar refractivity (Wildman–Crippen MR) is 129 cm³/mol. The lowest BCUT2D eigenvalue weighted by Crippen LogP contribution is -2.45. The van der Waals surface area contributed by atoms with Crippen LogP contribution in [-0.4, -0.2) is 86.3 Å². The minimum Gasteiger partial charge on any atom is -0.369 e. The zero-order valence-corrected chi connectivity index (χ0v) is 20.5. The van der Waals surface area contributed by atoms with Gasteiger partial charge in [0.05, 0.1) is 6.04 Å². The Hall–Kier alpha value is -2.08. The lowest BCUT2D eigenvalue weighted by molar-refractivity contribution is 0.0935. The molecule has 2 saturated heterocycles. The number of H-pyrrole nitrogens is 1. The first-order valence-electron chi connectivity index (χ1n) is 11.1. The third-order valence-electron chi connectivity index (χ3n) is 6.16. The number of aromatic nitrogens is 1. The molecule has 0 radical (unpaired) electrons. The zero-order valence-electron chi connectivity index (χ0n) is 18.9. The molecule has 2 aromatic rings. The first kappa shape index (κ1) is 24.1. The van der Waals surface area contributed by atoms with Gasteiger partial charge in [0.25, 0.3) is 5.91 Å². The Balaban J connectivity index is 1.49. The minimum atomic E-state index is -3.64. The standard InChI is InChI=1S/C22H30FN5O3S2/c1-16(19-13-17(23)3-4-21(19)27-7-5-26(2)6-8-27)25-22(29)20-14-18(15-24-20)33(30,31)28-9-11-32-12-10-28/h3-4,13-16,24H,5-12H2,1-2H3,(H,25,29). The summed E-state index contributed by atoms with van der Waals surface area (Å²) in [6.07, 6.45) is 1.36. The molecule has 0 saturated carbocycles. The largest absolute Gasteiger partial charge is 0.369 e. The quantitative estimate of drug-likeness (QED) is 0.639. The van der Waals surface area contributed by atoms with Crippen LogP contribution in [0.4, 0.5) is 10.1 Å². The van der Waals surface area contributed by atoms with Crippen LogP contribution < -0.4 is 10.2 Å². The number of halogens is 1. The highest BCUT2D eigenvalue weighted by Crippen LogP contribution is 2.29. The molecule has 8 nitrogen and oxygen atoms in total. The Kier molecular flexibility index (Phi) is 7.32. The second-order valence-electron chi connectivity index (χ2n) is 8.45. The number of sulfonamides is 1. The SMILES string of the molecule is CC(NC(=O)c1cc(S(=O)(=O)N2CCSCC2)c[nH]1)c1cc(F)ccc1N1CCN(C)CC1. The first-order chi connectivity index (χ1) is 15.8. The molecule has 1 atom stereocenters. The number of piperazine rings is 1. The topological polar surface area (TPSA) is 88.8 Å². The predicted octanol–water partition coefficient (Wildman–Crippen LogP) is 2.13. The van der Waals surface area contributed by atoms with E-state index in [4.69, 9.17) is 0 Å². The number of anilines is 1. The first-order valence-corrected chi connectivity index (χ1v) is 13.7. The minimum absolute atomic E-state index is 0.0797. The molecule has 4 rings (SSSR count). The van der Waals surface area contributed by atoms with Crippen molar-refractivity contribution in [1.82, 2.24) is 19.5 Å². The van der Waals surface area contributed by atoms with Gasteiger partial charge in [-0.3, -0.25) is 4.79 Å². The van der Waals surface area contributed by atoms with Crippen LogP contribution in [0.3, 0.4) is 0 Å². The maximum Gasteiger partial charge on any atom is 0.268 e. The number of rotatable bonds is 6. The number of nitrogens with one attached hydrogen (secondary N) is 2. The molecular formula is C22H30FN5O3S2. The van der Waals surface area contributed by atoms with E-state index in [-0.39, 0.29) is 16.4 Å². The van der Waals surface area contributed by atoms with Gasteiger partial charge in [-0.25, -0.2) is 12.8 Å². The second kappa shape index (κ2) is 10.0. The number of likely N-dealkylation sites (N-methyl/N-ethyl adjacent to an activating group) is 1. The Morgan fingerprint density at radius 2 is 1.82 bits per heavy atom. The Morgan fingerprint density at radius 3 is 2.52 bits per heavy atom. The Labute approximate surface area is 198 Å². The van der Waals surface area contributed by atoms with Gasteiger partial charge in [0.15, 0.2) is 0 Å². The molecule has 1 aromatic carbocycles. The maximum atomic E-state index is 14.1. The van der Waals surface area contributed by atoms with Crippen LogP contribution in [0.15, 0.2) is 35.4 Å². The van der Waals surface area contributed by atoms with Gasteiger partial charge in [0, 0.05) is 68.2 Å². The summed E-state index contributed by atoms with van der Waals surface area (Å²) in [6.45, 7) is 6.19. The molecule has 180 valence electrons. The summed E-state index contributed by atoms with van der Waals surface area (Å²) in [4.78, 5) is 20.2. The fourth-order valence-electron chi connectivity index (χ4n) is 4.15. The molecule has 33 heavy (non-hydrogen) atoms. The highest BCUT2D eigenvalue weighted by Gasteiger charge is 2.28. The number of benzene rings is 1. The molecule has 1 unspecified atom stereocenters. The van der Waals surface area contributed by atoms with Crippen LogP contribution in [-0.2, 0) is 10.0 Å². The summed E-state index contributed by atoms with van der Waals surface area (Å²) < 4.78 is 41.3. The van der Waals surface area contributed by atoms with E-state index in [2.05, 4.69) is 27.1 Å². The van der Waals surface area contributed by atoms with Crippen LogP contribution in [0.25, 0.3) is 0 Å². The van der Waals surface area contributed by atoms with Crippen LogP contribution in [0.5, 0.6) is 0 Å². The number of carbonyl (C=O) groups is 1. The molecule has 3 heterocycles. The molecule has 11 heteroatoms. The van der Waals surface area contributed by atoms with Crippen LogP contribution in [0.1, 0.15) is 29.0 Å². The number of aromatic amines is 1. The number of hydrogen-bond donors (Lipinski definition) is 2. The van der Waals surface area contributed by atoms with Crippen molar-refractivity contribution in [2.45, 2.75) is 17.9 Å². The Morgan fingerprint density at radius 1 is 1.12 bits per heavy atom. The maximum absolute atomic E-state index is 14.1.